The second kappa shape index (κ2) is 8.96. The lowest BCUT2D eigenvalue weighted by molar-refractivity contribution is -0.137. The van der Waals surface area contributed by atoms with Crippen molar-refractivity contribution in [2.45, 2.75) is 32.2 Å². The van der Waals surface area contributed by atoms with Gasteiger partial charge in [-0.05, 0) is 33.4 Å². The van der Waals surface area contributed by atoms with Crippen molar-refractivity contribution in [3.63, 3.8) is 0 Å². The quantitative estimate of drug-likeness (QED) is 0.447. The second-order valence-electron chi connectivity index (χ2n) is 3.69. The maximum atomic E-state index is 11.3. The summed E-state index contributed by atoms with van der Waals surface area (Å²) in [5, 5.41) is 16.8. The van der Waals surface area contributed by atoms with Gasteiger partial charge in [-0.25, -0.2) is 4.79 Å². The first-order valence-electron chi connectivity index (χ1n) is 5.47. The maximum absolute atomic E-state index is 11.3. The van der Waals surface area contributed by atoms with Crippen molar-refractivity contribution < 1.29 is 14.7 Å². The first kappa shape index (κ1) is 14.7. The van der Waals surface area contributed by atoms with Crippen LogP contribution in [0.15, 0.2) is 0 Å². The number of urea groups is 1. The lowest BCUT2D eigenvalue weighted by Crippen LogP contribution is -2.41. The molecule has 0 aromatic carbocycles. The van der Waals surface area contributed by atoms with Gasteiger partial charge in [-0.3, -0.25) is 4.79 Å². The van der Waals surface area contributed by atoms with Crippen LogP contribution in [-0.4, -0.2) is 43.3 Å². The normalized spacial score (nSPS) is 11.9. The van der Waals surface area contributed by atoms with Crippen LogP contribution in [0.2, 0.25) is 0 Å². The van der Waals surface area contributed by atoms with Gasteiger partial charge in [0.05, 0.1) is 0 Å². The SMILES string of the molecule is CNCCCNC(=O)NC(C)CCC(=O)O. The van der Waals surface area contributed by atoms with E-state index in [0.717, 1.165) is 13.0 Å². The Balaban J connectivity index is 3.50. The summed E-state index contributed by atoms with van der Waals surface area (Å²) in [5.74, 6) is -0.844. The number of hydrogen-bond acceptors (Lipinski definition) is 3. The lowest BCUT2D eigenvalue weighted by atomic mass is 10.2. The number of hydrogen-bond donors (Lipinski definition) is 4. The summed E-state index contributed by atoms with van der Waals surface area (Å²) in [6, 6.07) is -0.366. The van der Waals surface area contributed by atoms with Crippen LogP contribution in [0.4, 0.5) is 4.79 Å². The first-order chi connectivity index (χ1) is 7.56. The van der Waals surface area contributed by atoms with Crippen molar-refractivity contribution in [2.75, 3.05) is 20.1 Å². The minimum Gasteiger partial charge on any atom is -0.481 e. The molecule has 0 heterocycles. The fourth-order valence-electron chi connectivity index (χ4n) is 1.15. The van der Waals surface area contributed by atoms with Gasteiger partial charge in [0.1, 0.15) is 0 Å². The number of carboxylic acids is 1. The molecule has 0 saturated heterocycles. The van der Waals surface area contributed by atoms with Crippen molar-refractivity contribution in [3.05, 3.63) is 0 Å². The van der Waals surface area contributed by atoms with Crippen LogP contribution in [0.5, 0.6) is 0 Å². The molecule has 0 radical (unpaired) electrons. The Morgan fingerprint density at radius 3 is 2.56 bits per heavy atom. The molecular weight excluding hydrogens is 210 g/mol. The highest BCUT2D eigenvalue weighted by atomic mass is 16.4. The van der Waals surface area contributed by atoms with Gasteiger partial charge < -0.3 is 21.1 Å². The summed E-state index contributed by atoms with van der Waals surface area (Å²) in [6.45, 7) is 3.25. The van der Waals surface area contributed by atoms with Gasteiger partial charge in [0.2, 0.25) is 0 Å². The number of rotatable bonds is 8. The van der Waals surface area contributed by atoms with Gasteiger partial charge in [-0.2, -0.15) is 0 Å². The van der Waals surface area contributed by atoms with Gasteiger partial charge in [0.15, 0.2) is 0 Å². The smallest absolute Gasteiger partial charge is 0.314 e. The van der Waals surface area contributed by atoms with E-state index in [1.54, 1.807) is 6.92 Å². The highest BCUT2D eigenvalue weighted by Crippen LogP contribution is 1.95. The molecule has 0 aromatic heterocycles. The standard InChI is InChI=1S/C10H21N3O3/c1-8(4-5-9(14)15)13-10(16)12-7-3-6-11-2/h8,11H,3-7H2,1-2H3,(H,14,15)(H2,12,13,16). The Labute approximate surface area is 95.8 Å². The van der Waals surface area contributed by atoms with Crippen LogP contribution in [0.3, 0.4) is 0 Å². The highest BCUT2D eigenvalue weighted by Gasteiger charge is 2.08. The predicted molar refractivity (Wildman–Crippen MR) is 61.4 cm³/mol. The second-order valence-corrected chi connectivity index (χ2v) is 3.69. The summed E-state index contributed by atoms with van der Waals surface area (Å²) in [4.78, 5) is 21.6. The van der Waals surface area contributed by atoms with Crippen LogP contribution < -0.4 is 16.0 Å². The Hall–Kier alpha value is -1.30. The number of carbonyl (C=O) groups is 2. The molecule has 94 valence electrons. The van der Waals surface area contributed by atoms with Crippen LogP contribution in [0.1, 0.15) is 26.2 Å². The average molecular weight is 231 g/mol. The van der Waals surface area contributed by atoms with Crippen LogP contribution in [0, 0.1) is 0 Å². The van der Waals surface area contributed by atoms with E-state index >= 15 is 0 Å². The Morgan fingerprint density at radius 1 is 1.31 bits per heavy atom. The minimum absolute atomic E-state index is 0.0706. The zero-order valence-corrected chi connectivity index (χ0v) is 9.88. The molecule has 0 aliphatic carbocycles. The van der Waals surface area contributed by atoms with Gasteiger partial charge in [0, 0.05) is 19.0 Å². The maximum Gasteiger partial charge on any atom is 0.314 e. The van der Waals surface area contributed by atoms with E-state index in [0.29, 0.717) is 13.0 Å². The summed E-state index contributed by atoms with van der Waals surface area (Å²) in [6.07, 6.45) is 1.38. The molecule has 0 aromatic rings. The fraction of sp³-hybridized carbons (Fsp3) is 0.800. The number of aliphatic carboxylic acids is 1. The monoisotopic (exact) mass is 231 g/mol. The first-order valence-corrected chi connectivity index (χ1v) is 5.47. The third-order valence-corrected chi connectivity index (χ3v) is 2.06. The summed E-state index contributed by atoms with van der Waals surface area (Å²) >= 11 is 0. The average Bonchev–Trinajstić information content (AvgIpc) is 2.21. The van der Waals surface area contributed by atoms with E-state index in [1.807, 2.05) is 7.05 Å². The molecule has 0 aliphatic rings. The minimum atomic E-state index is -0.844. The molecule has 0 aliphatic heterocycles. The van der Waals surface area contributed by atoms with E-state index in [9.17, 15) is 9.59 Å². The number of amides is 2. The summed E-state index contributed by atoms with van der Waals surface area (Å²) in [5.41, 5.74) is 0. The predicted octanol–water partition coefficient (Wildman–Crippen LogP) is 0.148. The number of nitrogens with one attached hydrogen (secondary N) is 3. The molecule has 16 heavy (non-hydrogen) atoms. The number of carboxylic acid groups (broad SMARTS) is 1. The molecule has 0 rings (SSSR count). The third kappa shape index (κ3) is 9.26. The molecule has 0 spiro atoms. The molecule has 2 amide bonds. The molecule has 0 fully saturated rings. The van der Waals surface area contributed by atoms with Crippen molar-refractivity contribution in [2.24, 2.45) is 0 Å². The number of carbonyl (C=O) groups excluding carboxylic acids is 1. The van der Waals surface area contributed by atoms with Crippen molar-refractivity contribution in [3.8, 4) is 0 Å². The van der Waals surface area contributed by atoms with E-state index < -0.39 is 5.97 Å². The molecule has 6 heteroatoms. The van der Waals surface area contributed by atoms with Crippen molar-refractivity contribution in [1.29, 1.82) is 0 Å². The van der Waals surface area contributed by atoms with E-state index in [2.05, 4.69) is 16.0 Å². The zero-order valence-electron chi connectivity index (χ0n) is 9.88. The Morgan fingerprint density at radius 2 is 2.00 bits per heavy atom. The zero-order chi connectivity index (χ0) is 12.4. The van der Waals surface area contributed by atoms with E-state index in [1.165, 1.54) is 0 Å². The molecule has 0 saturated carbocycles. The van der Waals surface area contributed by atoms with E-state index in [4.69, 9.17) is 5.11 Å². The van der Waals surface area contributed by atoms with Crippen LogP contribution in [-0.2, 0) is 4.79 Å². The summed E-state index contributed by atoms with van der Waals surface area (Å²) in [7, 11) is 1.86. The molecule has 4 N–H and O–H groups in total. The molecular formula is C10H21N3O3. The van der Waals surface area contributed by atoms with Crippen molar-refractivity contribution in [1.82, 2.24) is 16.0 Å². The van der Waals surface area contributed by atoms with Gasteiger partial charge in [0.25, 0.3) is 0 Å². The fourth-order valence-corrected chi connectivity index (χ4v) is 1.15. The van der Waals surface area contributed by atoms with Crippen LogP contribution >= 0.6 is 0 Å². The lowest BCUT2D eigenvalue weighted by Gasteiger charge is -2.13. The van der Waals surface area contributed by atoms with Crippen molar-refractivity contribution >= 4 is 12.0 Å². The molecule has 0 bridgehead atoms. The van der Waals surface area contributed by atoms with Crippen LogP contribution in [0.25, 0.3) is 0 Å². The van der Waals surface area contributed by atoms with E-state index in [-0.39, 0.29) is 18.5 Å². The van der Waals surface area contributed by atoms with Gasteiger partial charge in [-0.15, -0.1) is 0 Å². The van der Waals surface area contributed by atoms with Gasteiger partial charge in [-0.1, -0.05) is 0 Å². The third-order valence-electron chi connectivity index (χ3n) is 2.06. The topological polar surface area (TPSA) is 90.5 Å². The molecule has 6 nitrogen and oxygen atoms in total. The van der Waals surface area contributed by atoms with Gasteiger partial charge >= 0.3 is 12.0 Å². The largest absolute Gasteiger partial charge is 0.481 e. The Kier molecular flexibility index (Phi) is 8.24. The molecule has 1 atom stereocenters. The Bertz CT molecular complexity index is 221. The molecule has 1 unspecified atom stereocenters. The summed E-state index contributed by atoms with van der Waals surface area (Å²) < 4.78 is 0. The highest BCUT2D eigenvalue weighted by molar-refractivity contribution is 5.74.